The first-order valence-electron chi connectivity index (χ1n) is 11.2. The van der Waals surface area contributed by atoms with Crippen molar-refractivity contribution >= 4 is 40.1 Å². The van der Waals surface area contributed by atoms with Crippen molar-refractivity contribution in [2.45, 2.75) is 31.8 Å². The van der Waals surface area contributed by atoms with Crippen LogP contribution in [-0.2, 0) is 9.53 Å². The number of carbonyl (C=O) groups excluding carboxylic acids is 3. The summed E-state index contributed by atoms with van der Waals surface area (Å²) < 4.78 is 10.8. The van der Waals surface area contributed by atoms with Crippen LogP contribution in [0.4, 0.5) is 4.79 Å². The van der Waals surface area contributed by atoms with Crippen molar-refractivity contribution in [1.82, 2.24) is 9.80 Å². The average Bonchev–Trinajstić information content (AvgIpc) is 3.58. The van der Waals surface area contributed by atoms with E-state index in [1.807, 2.05) is 35.7 Å². The number of carbonyl (C=O) groups is 3. The Labute approximate surface area is 200 Å². The normalized spacial score (nSPS) is 19.3. The number of thiophene rings is 1. The topological polar surface area (TPSA) is 100 Å². The van der Waals surface area contributed by atoms with Crippen molar-refractivity contribution in [3.8, 4) is 0 Å². The fourth-order valence-electron chi connectivity index (χ4n) is 4.73. The molecule has 2 aromatic heterocycles. The average molecular weight is 481 g/mol. The van der Waals surface area contributed by atoms with Gasteiger partial charge in [-0.15, -0.1) is 11.3 Å². The van der Waals surface area contributed by atoms with Gasteiger partial charge in [-0.1, -0.05) is 24.3 Å². The number of rotatable bonds is 5. The van der Waals surface area contributed by atoms with E-state index in [1.165, 1.54) is 11.3 Å². The second-order valence-corrected chi connectivity index (χ2v) is 9.27. The van der Waals surface area contributed by atoms with Crippen LogP contribution < -0.4 is 0 Å². The number of amides is 2. The van der Waals surface area contributed by atoms with Crippen LogP contribution in [0.1, 0.15) is 41.2 Å². The van der Waals surface area contributed by atoms with Crippen LogP contribution in [0, 0.1) is 0 Å². The van der Waals surface area contributed by atoms with Gasteiger partial charge in [0.25, 0.3) is 5.91 Å². The molecule has 0 saturated carbocycles. The first-order valence-corrected chi connectivity index (χ1v) is 12.1. The van der Waals surface area contributed by atoms with Gasteiger partial charge in [0.2, 0.25) is 5.78 Å². The molecule has 2 aliphatic heterocycles. The van der Waals surface area contributed by atoms with E-state index in [-0.39, 0.29) is 23.5 Å². The largest absolute Gasteiger partial charge is 0.503 e. The van der Waals surface area contributed by atoms with Crippen molar-refractivity contribution in [2.24, 2.45) is 0 Å². The summed E-state index contributed by atoms with van der Waals surface area (Å²) in [5, 5.41) is 13.5. The molecule has 9 heteroatoms. The highest BCUT2D eigenvalue weighted by atomic mass is 32.1. The SMILES string of the molecule is CCOC(=O)N1CCC(N2C(=O)C(O)=C(C(=O)c3cc4ccccc4o3)C2c2cccs2)CC1. The number of furan rings is 1. The van der Waals surface area contributed by atoms with Crippen molar-refractivity contribution in [1.29, 1.82) is 0 Å². The summed E-state index contributed by atoms with van der Waals surface area (Å²) in [7, 11) is 0. The third-order valence-electron chi connectivity index (χ3n) is 6.33. The smallest absolute Gasteiger partial charge is 0.409 e. The summed E-state index contributed by atoms with van der Waals surface area (Å²) >= 11 is 1.42. The van der Waals surface area contributed by atoms with Crippen LogP contribution in [0.3, 0.4) is 0 Å². The molecule has 1 atom stereocenters. The number of benzene rings is 1. The number of aliphatic hydroxyl groups is 1. The first-order chi connectivity index (χ1) is 16.5. The number of Topliss-reactive ketones (excluding diaryl/α,β-unsaturated/α-hetero) is 1. The van der Waals surface area contributed by atoms with E-state index in [0.29, 0.717) is 38.1 Å². The Morgan fingerprint density at radius 1 is 1.18 bits per heavy atom. The first kappa shape index (κ1) is 22.2. The minimum atomic E-state index is -0.715. The third kappa shape index (κ3) is 3.75. The lowest BCUT2D eigenvalue weighted by Crippen LogP contribution is -2.48. The Morgan fingerprint density at radius 2 is 1.94 bits per heavy atom. The Morgan fingerprint density at radius 3 is 2.62 bits per heavy atom. The van der Waals surface area contributed by atoms with Gasteiger partial charge in [0.05, 0.1) is 12.2 Å². The zero-order valence-electron chi connectivity index (χ0n) is 18.6. The lowest BCUT2D eigenvalue weighted by atomic mass is 9.97. The summed E-state index contributed by atoms with van der Waals surface area (Å²) in [6, 6.07) is 11.6. The number of nitrogens with zero attached hydrogens (tertiary/aromatic N) is 2. The van der Waals surface area contributed by atoms with Gasteiger partial charge in [0.15, 0.2) is 11.5 Å². The van der Waals surface area contributed by atoms with Crippen molar-refractivity contribution in [3.63, 3.8) is 0 Å². The second-order valence-electron chi connectivity index (χ2n) is 8.29. The van der Waals surface area contributed by atoms with Gasteiger partial charge in [0.1, 0.15) is 11.6 Å². The molecular weight excluding hydrogens is 456 g/mol. The van der Waals surface area contributed by atoms with E-state index >= 15 is 0 Å². The molecule has 1 fully saturated rings. The van der Waals surface area contributed by atoms with E-state index < -0.39 is 23.5 Å². The minimum Gasteiger partial charge on any atom is -0.503 e. The maximum atomic E-state index is 13.6. The molecule has 1 unspecified atom stereocenters. The quantitative estimate of drug-likeness (QED) is 0.532. The molecule has 2 aliphatic rings. The van der Waals surface area contributed by atoms with Crippen LogP contribution in [0.5, 0.6) is 0 Å². The van der Waals surface area contributed by atoms with Gasteiger partial charge >= 0.3 is 6.09 Å². The Balaban J connectivity index is 1.46. The molecule has 8 nitrogen and oxygen atoms in total. The molecular formula is C25H24N2O6S. The van der Waals surface area contributed by atoms with E-state index in [2.05, 4.69) is 0 Å². The summed E-state index contributed by atoms with van der Waals surface area (Å²) in [6.07, 6.45) is 0.669. The predicted molar refractivity (Wildman–Crippen MR) is 126 cm³/mol. The van der Waals surface area contributed by atoms with Crippen molar-refractivity contribution < 1.29 is 28.6 Å². The molecule has 1 N–H and O–H groups in total. The van der Waals surface area contributed by atoms with Crippen LogP contribution in [-0.4, -0.2) is 58.4 Å². The molecule has 5 rings (SSSR count). The van der Waals surface area contributed by atoms with E-state index in [9.17, 15) is 19.5 Å². The van der Waals surface area contributed by atoms with Crippen LogP contribution in [0.15, 0.2) is 63.6 Å². The van der Waals surface area contributed by atoms with E-state index in [1.54, 1.807) is 28.9 Å². The van der Waals surface area contributed by atoms with Gasteiger partial charge in [0, 0.05) is 29.4 Å². The number of hydrogen-bond acceptors (Lipinski definition) is 7. The van der Waals surface area contributed by atoms with Crippen molar-refractivity contribution in [3.05, 3.63) is 69.8 Å². The number of ketones is 1. The van der Waals surface area contributed by atoms with Gasteiger partial charge < -0.3 is 24.1 Å². The highest BCUT2D eigenvalue weighted by molar-refractivity contribution is 7.10. The standard InChI is InChI=1S/C25H24N2O6S/c1-2-32-25(31)26-11-9-16(10-12-26)27-21(19-8-5-13-34-19)20(23(29)24(27)30)22(28)18-14-15-6-3-4-7-17(15)33-18/h3-8,13-14,16,21,29H,2,9-12H2,1H3. The number of para-hydroxylation sites is 1. The summed E-state index contributed by atoms with van der Waals surface area (Å²) in [6.45, 7) is 2.92. The number of aliphatic hydroxyl groups excluding tert-OH is 1. The molecule has 0 radical (unpaired) electrons. The number of piperidine rings is 1. The molecule has 1 aromatic carbocycles. The number of hydrogen-bond donors (Lipinski definition) is 1. The molecule has 0 bridgehead atoms. The molecule has 1 saturated heterocycles. The van der Waals surface area contributed by atoms with Gasteiger partial charge in [-0.2, -0.15) is 0 Å². The van der Waals surface area contributed by atoms with Gasteiger partial charge in [-0.05, 0) is 43.3 Å². The Bertz CT molecular complexity index is 1240. The fourth-order valence-corrected chi connectivity index (χ4v) is 5.56. The monoisotopic (exact) mass is 480 g/mol. The molecule has 34 heavy (non-hydrogen) atoms. The highest BCUT2D eigenvalue weighted by Crippen LogP contribution is 2.43. The molecule has 2 amide bonds. The summed E-state index contributed by atoms with van der Waals surface area (Å²) in [5.74, 6) is -1.55. The van der Waals surface area contributed by atoms with Crippen molar-refractivity contribution in [2.75, 3.05) is 19.7 Å². The molecule has 0 spiro atoms. The van der Waals surface area contributed by atoms with Crippen LogP contribution in [0.2, 0.25) is 0 Å². The number of likely N-dealkylation sites (tertiary alicyclic amines) is 1. The van der Waals surface area contributed by atoms with Crippen LogP contribution >= 0.6 is 11.3 Å². The maximum Gasteiger partial charge on any atom is 0.409 e. The zero-order valence-corrected chi connectivity index (χ0v) is 19.4. The second kappa shape index (κ2) is 8.98. The molecule has 176 valence electrons. The number of ether oxygens (including phenoxy) is 1. The molecule has 4 heterocycles. The maximum absolute atomic E-state index is 13.6. The van der Waals surface area contributed by atoms with Crippen LogP contribution in [0.25, 0.3) is 11.0 Å². The lowest BCUT2D eigenvalue weighted by Gasteiger charge is -2.39. The van der Waals surface area contributed by atoms with Gasteiger partial charge in [-0.3, -0.25) is 9.59 Å². The third-order valence-corrected chi connectivity index (χ3v) is 7.26. The highest BCUT2D eigenvalue weighted by Gasteiger charge is 2.48. The van der Waals surface area contributed by atoms with E-state index in [4.69, 9.17) is 9.15 Å². The molecule has 3 aromatic rings. The zero-order chi connectivity index (χ0) is 23.8. The van der Waals surface area contributed by atoms with Gasteiger partial charge in [-0.25, -0.2) is 4.79 Å². The Hall–Kier alpha value is -3.59. The molecule has 0 aliphatic carbocycles. The summed E-state index contributed by atoms with van der Waals surface area (Å²) in [5.41, 5.74) is 0.588. The fraction of sp³-hybridized carbons (Fsp3) is 0.320. The Kier molecular flexibility index (Phi) is 5.87. The minimum absolute atomic E-state index is 0.0272. The lowest BCUT2D eigenvalue weighted by molar-refractivity contribution is -0.132. The number of fused-ring (bicyclic) bond motifs is 1. The van der Waals surface area contributed by atoms with E-state index in [0.717, 1.165) is 10.3 Å². The summed E-state index contributed by atoms with van der Waals surface area (Å²) in [4.78, 5) is 42.9. The predicted octanol–water partition coefficient (Wildman–Crippen LogP) is 4.69.